The third-order valence-electron chi connectivity index (χ3n) is 2.93. The van der Waals surface area contributed by atoms with Crippen LogP contribution in [0.2, 0.25) is 5.02 Å². The van der Waals surface area contributed by atoms with Crippen LogP contribution in [0.5, 0.6) is 0 Å². The van der Waals surface area contributed by atoms with Crippen LogP contribution in [0.4, 0.5) is 0 Å². The lowest BCUT2D eigenvalue weighted by atomic mass is 10.1. The molecule has 16 heavy (non-hydrogen) atoms. The van der Waals surface area contributed by atoms with Crippen molar-refractivity contribution in [3.63, 3.8) is 0 Å². The smallest absolute Gasteiger partial charge is 0.166 e. The summed E-state index contributed by atoms with van der Waals surface area (Å²) in [7, 11) is 0. The fourth-order valence-corrected chi connectivity index (χ4v) is 2.23. The molecular weight excluding hydrogens is 224 g/mol. The number of carbonyl (C=O) groups excluding carboxylic acids is 1. The first-order valence-electron chi connectivity index (χ1n) is 5.39. The van der Waals surface area contributed by atoms with Gasteiger partial charge in [0.15, 0.2) is 11.4 Å². The van der Waals surface area contributed by atoms with Crippen molar-refractivity contribution in [2.75, 3.05) is 0 Å². The van der Waals surface area contributed by atoms with Crippen molar-refractivity contribution >= 4 is 28.4 Å². The molecule has 1 saturated carbocycles. The molecule has 0 bridgehead atoms. The zero-order valence-corrected chi connectivity index (χ0v) is 9.67. The molecule has 1 aliphatic carbocycles. The molecule has 3 rings (SSSR count). The van der Waals surface area contributed by atoms with Crippen molar-refractivity contribution in [1.29, 1.82) is 0 Å². The van der Waals surface area contributed by atoms with E-state index in [1.54, 1.807) is 6.07 Å². The van der Waals surface area contributed by atoms with Gasteiger partial charge in [-0.05, 0) is 38.0 Å². The SMILES string of the molecule is Cc1cc2cc(C(=O)C3CC3)cc(Cl)c2o1. The lowest BCUT2D eigenvalue weighted by Gasteiger charge is -2.00. The van der Waals surface area contributed by atoms with E-state index in [0.717, 1.165) is 24.0 Å². The quantitative estimate of drug-likeness (QED) is 0.736. The summed E-state index contributed by atoms with van der Waals surface area (Å²) >= 11 is 6.10. The van der Waals surface area contributed by atoms with Crippen LogP contribution in [0.1, 0.15) is 29.0 Å². The second-order valence-electron chi connectivity index (χ2n) is 4.37. The Labute approximate surface area is 98.2 Å². The van der Waals surface area contributed by atoms with Gasteiger partial charge < -0.3 is 4.42 Å². The summed E-state index contributed by atoms with van der Waals surface area (Å²) in [5, 5.41) is 1.43. The Kier molecular flexibility index (Phi) is 2.08. The molecule has 82 valence electrons. The highest BCUT2D eigenvalue weighted by Gasteiger charge is 2.30. The first-order valence-corrected chi connectivity index (χ1v) is 5.77. The van der Waals surface area contributed by atoms with E-state index in [2.05, 4.69) is 0 Å². The number of fused-ring (bicyclic) bond motifs is 1. The lowest BCUT2D eigenvalue weighted by molar-refractivity contribution is 0.0968. The van der Waals surface area contributed by atoms with Gasteiger partial charge >= 0.3 is 0 Å². The summed E-state index contributed by atoms with van der Waals surface area (Å²) in [5.74, 6) is 1.25. The third-order valence-corrected chi connectivity index (χ3v) is 3.21. The van der Waals surface area contributed by atoms with Gasteiger partial charge in [0.05, 0.1) is 5.02 Å². The lowest BCUT2D eigenvalue weighted by Crippen LogP contribution is -2.00. The monoisotopic (exact) mass is 234 g/mol. The summed E-state index contributed by atoms with van der Waals surface area (Å²) in [4.78, 5) is 11.9. The molecule has 0 spiro atoms. The topological polar surface area (TPSA) is 30.2 Å². The normalized spacial score (nSPS) is 15.6. The minimum atomic E-state index is 0.211. The highest BCUT2D eigenvalue weighted by Crippen LogP contribution is 2.35. The van der Waals surface area contributed by atoms with Crippen molar-refractivity contribution in [2.24, 2.45) is 5.92 Å². The molecule has 2 nitrogen and oxygen atoms in total. The van der Waals surface area contributed by atoms with Gasteiger partial charge in [0.1, 0.15) is 5.76 Å². The number of ketones is 1. The molecule has 0 N–H and O–H groups in total. The predicted molar refractivity (Wildman–Crippen MR) is 63.0 cm³/mol. The second kappa shape index (κ2) is 3.36. The summed E-state index contributed by atoms with van der Waals surface area (Å²) in [5.41, 5.74) is 1.38. The third kappa shape index (κ3) is 1.54. The summed E-state index contributed by atoms with van der Waals surface area (Å²) in [6.07, 6.45) is 2.03. The first-order chi connectivity index (χ1) is 7.65. The van der Waals surface area contributed by atoms with Crippen molar-refractivity contribution < 1.29 is 9.21 Å². The minimum Gasteiger partial charge on any atom is -0.460 e. The van der Waals surface area contributed by atoms with Gasteiger partial charge in [0.25, 0.3) is 0 Å². The van der Waals surface area contributed by atoms with E-state index in [4.69, 9.17) is 16.0 Å². The van der Waals surface area contributed by atoms with Crippen LogP contribution < -0.4 is 0 Å². The maximum atomic E-state index is 11.9. The van der Waals surface area contributed by atoms with Crippen LogP contribution in [0.15, 0.2) is 22.6 Å². The molecule has 0 amide bonds. The number of halogens is 1. The van der Waals surface area contributed by atoms with Gasteiger partial charge in [0, 0.05) is 16.9 Å². The van der Waals surface area contributed by atoms with E-state index >= 15 is 0 Å². The van der Waals surface area contributed by atoms with Crippen LogP contribution in [-0.2, 0) is 0 Å². The average Bonchev–Trinajstić information content (AvgIpc) is 3.00. The van der Waals surface area contributed by atoms with Gasteiger partial charge in [-0.3, -0.25) is 4.79 Å². The number of rotatable bonds is 2. The van der Waals surface area contributed by atoms with Crippen LogP contribution >= 0.6 is 11.6 Å². The first kappa shape index (κ1) is 9.91. The van der Waals surface area contributed by atoms with Gasteiger partial charge in [-0.15, -0.1) is 0 Å². The van der Waals surface area contributed by atoms with E-state index in [1.165, 1.54) is 0 Å². The number of furan rings is 1. The summed E-state index contributed by atoms with van der Waals surface area (Å²) in [6, 6.07) is 5.50. The summed E-state index contributed by atoms with van der Waals surface area (Å²) in [6.45, 7) is 1.87. The van der Waals surface area contributed by atoms with Crippen molar-refractivity contribution in [3.8, 4) is 0 Å². The number of hydrogen-bond acceptors (Lipinski definition) is 2. The van der Waals surface area contributed by atoms with Crippen molar-refractivity contribution in [3.05, 3.63) is 34.5 Å². The van der Waals surface area contributed by atoms with Gasteiger partial charge in [-0.25, -0.2) is 0 Å². The van der Waals surface area contributed by atoms with E-state index in [9.17, 15) is 4.79 Å². The molecule has 1 aromatic carbocycles. The fraction of sp³-hybridized carbons (Fsp3) is 0.308. The molecule has 1 heterocycles. The number of hydrogen-bond donors (Lipinski definition) is 0. The Balaban J connectivity index is 2.15. The Morgan fingerprint density at radius 1 is 1.38 bits per heavy atom. The van der Waals surface area contributed by atoms with E-state index in [-0.39, 0.29) is 11.7 Å². The molecule has 0 radical (unpaired) electrons. The Morgan fingerprint density at radius 2 is 2.12 bits per heavy atom. The predicted octanol–water partition coefficient (Wildman–Crippen LogP) is 3.99. The highest BCUT2D eigenvalue weighted by atomic mass is 35.5. The van der Waals surface area contributed by atoms with E-state index < -0.39 is 0 Å². The molecule has 0 saturated heterocycles. The number of aryl methyl sites for hydroxylation is 1. The fourth-order valence-electron chi connectivity index (χ4n) is 1.96. The molecule has 1 aromatic heterocycles. The van der Waals surface area contributed by atoms with Gasteiger partial charge in [-0.2, -0.15) is 0 Å². The Morgan fingerprint density at radius 3 is 2.81 bits per heavy atom. The van der Waals surface area contributed by atoms with E-state index in [1.807, 2.05) is 19.1 Å². The maximum absolute atomic E-state index is 11.9. The van der Waals surface area contributed by atoms with Crippen LogP contribution in [0.3, 0.4) is 0 Å². The average molecular weight is 235 g/mol. The van der Waals surface area contributed by atoms with E-state index in [0.29, 0.717) is 16.2 Å². The van der Waals surface area contributed by atoms with Crippen molar-refractivity contribution in [2.45, 2.75) is 19.8 Å². The molecule has 0 atom stereocenters. The standard InChI is InChI=1S/C13H11ClO2/c1-7-4-10-5-9(12(15)8-2-3-8)6-11(14)13(10)16-7/h4-6,8H,2-3H2,1H3. The largest absolute Gasteiger partial charge is 0.460 e. The van der Waals surface area contributed by atoms with Crippen LogP contribution in [-0.4, -0.2) is 5.78 Å². The second-order valence-corrected chi connectivity index (χ2v) is 4.78. The molecule has 3 heteroatoms. The van der Waals surface area contributed by atoms with Gasteiger partial charge in [0.2, 0.25) is 0 Å². The van der Waals surface area contributed by atoms with Crippen LogP contribution in [0.25, 0.3) is 11.0 Å². The van der Waals surface area contributed by atoms with Gasteiger partial charge in [-0.1, -0.05) is 11.6 Å². The number of Topliss-reactive ketones (excluding diaryl/α,β-unsaturated/α-hetero) is 1. The molecule has 2 aromatic rings. The maximum Gasteiger partial charge on any atom is 0.166 e. The molecule has 1 fully saturated rings. The van der Waals surface area contributed by atoms with Crippen LogP contribution in [0, 0.1) is 12.8 Å². The number of benzene rings is 1. The highest BCUT2D eigenvalue weighted by molar-refractivity contribution is 6.35. The molecule has 0 unspecified atom stereocenters. The molecular formula is C13H11ClO2. The Hall–Kier alpha value is -1.28. The zero-order chi connectivity index (χ0) is 11.3. The number of carbonyl (C=O) groups is 1. The molecule has 1 aliphatic rings. The Bertz CT molecular complexity index is 579. The minimum absolute atomic E-state index is 0.211. The molecule has 0 aliphatic heterocycles. The van der Waals surface area contributed by atoms with Crippen molar-refractivity contribution in [1.82, 2.24) is 0 Å². The zero-order valence-electron chi connectivity index (χ0n) is 8.92. The summed E-state index contributed by atoms with van der Waals surface area (Å²) < 4.78 is 5.47.